The number of benzene rings is 1. The fraction of sp³-hybridized carbons (Fsp3) is 0.100. The van der Waals surface area contributed by atoms with Crippen molar-refractivity contribution < 1.29 is 9.59 Å². The number of hydrogen-bond acceptors (Lipinski definition) is 3. The zero-order chi connectivity index (χ0) is 12.3. The third-order valence-corrected chi connectivity index (χ3v) is 2.47. The highest BCUT2D eigenvalue weighted by molar-refractivity contribution is 6.40. The van der Waals surface area contributed by atoms with Gasteiger partial charge in [0.05, 0.1) is 6.07 Å². The molecule has 1 amide bonds. The Morgan fingerprint density at radius 3 is 2.44 bits per heavy atom. The molecule has 1 atom stereocenters. The van der Waals surface area contributed by atoms with Crippen molar-refractivity contribution in [2.75, 3.05) is 0 Å². The van der Waals surface area contributed by atoms with Gasteiger partial charge < -0.3 is 5.73 Å². The van der Waals surface area contributed by atoms with Crippen LogP contribution in [0.4, 0.5) is 0 Å². The topological polar surface area (TPSA) is 83.9 Å². The van der Waals surface area contributed by atoms with Crippen LogP contribution < -0.4 is 5.73 Å². The highest BCUT2D eigenvalue weighted by Crippen LogP contribution is 2.27. The number of amides is 1. The van der Waals surface area contributed by atoms with Gasteiger partial charge >= 0.3 is 0 Å². The molecule has 16 heavy (non-hydrogen) atoms. The summed E-state index contributed by atoms with van der Waals surface area (Å²) in [5, 5.41) is 9.34. The van der Waals surface area contributed by atoms with E-state index in [1.54, 1.807) is 6.07 Å². The number of ketones is 1. The van der Waals surface area contributed by atoms with Crippen LogP contribution in [0.5, 0.6) is 0 Å². The van der Waals surface area contributed by atoms with Gasteiger partial charge in [0, 0.05) is 10.0 Å². The monoisotopic (exact) mass is 256 g/mol. The lowest BCUT2D eigenvalue weighted by Gasteiger charge is -2.08. The van der Waals surface area contributed by atoms with E-state index in [-0.39, 0.29) is 10.6 Å². The van der Waals surface area contributed by atoms with Crippen LogP contribution in [0.1, 0.15) is 11.5 Å². The Morgan fingerprint density at radius 1 is 1.38 bits per heavy atom. The first kappa shape index (κ1) is 12.5. The Hall–Kier alpha value is -1.57. The minimum absolute atomic E-state index is 0.147. The molecular formula is C10H6Cl2N2O2. The summed E-state index contributed by atoms with van der Waals surface area (Å²) in [5.41, 5.74) is 5.04. The molecule has 0 aromatic heterocycles. The normalized spacial score (nSPS) is 11.6. The molecule has 0 unspecified atom stereocenters. The van der Waals surface area contributed by atoms with Gasteiger partial charge in [0.2, 0.25) is 5.78 Å². The number of hydrogen-bond donors (Lipinski definition) is 1. The maximum Gasteiger partial charge on any atom is 0.286 e. The van der Waals surface area contributed by atoms with Crippen LogP contribution in [0.2, 0.25) is 10.0 Å². The van der Waals surface area contributed by atoms with Crippen molar-refractivity contribution in [3.63, 3.8) is 0 Å². The molecule has 1 rings (SSSR count). The van der Waals surface area contributed by atoms with Gasteiger partial charge in [-0.2, -0.15) is 5.26 Å². The second-order valence-electron chi connectivity index (χ2n) is 2.96. The van der Waals surface area contributed by atoms with Crippen LogP contribution >= 0.6 is 23.2 Å². The van der Waals surface area contributed by atoms with E-state index in [2.05, 4.69) is 0 Å². The molecule has 1 aromatic rings. The van der Waals surface area contributed by atoms with Gasteiger partial charge in [-0.15, -0.1) is 0 Å². The van der Waals surface area contributed by atoms with Gasteiger partial charge in [0.25, 0.3) is 5.91 Å². The van der Waals surface area contributed by atoms with E-state index >= 15 is 0 Å². The van der Waals surface area contributed by atoms with Crippen molar-refractivity contribution in [2.45, 2.75) is 5.92 Å². The molecule has 0 aliphatic carbocycles. The van der Waals surface area contributed by atoms with E-state index < -0.39 is 17.6 Å². The fourth-order valence-electron chi connectivity index (χ4n) is 1.15. The second kappa shape index (κ2) is 4.97. The zero-order valence-corrected chi connectivity index (χ0v) is 9.42. The van der Waals surface area contributed by atoms with Crippen LogP contribution in [-0.4, -0.2) is 11.7 Å². The van der Waals surface area contributed by atoms with Crippen molar-refractivity contribution in [3.8, 4) is 6.07 Å². The minimum atomic E-state index is -1.29. The molecule has 1 aromatic carbocycles. The quantitative estimate of drug-likeness (QED) is 0.835. The average molecular weight is 257 g/mol. The van der Waals surface area contributed by atoms with E-state index in [0.717, 1.165) is 0 Å². The summed E-state index contributed by atoms with van der Waals surface area (Å²) in [6.45, 7) is 0. The van der Waals surface area contributed by atoms with Crippen molar-refractivity contribution in [1.29, 1.82) is 5.26 Å². The third-order valence-electron chi connectivity index (χ3n) is 1.91. The number of nitrogens with two attached hydrogens (primary N) is 1. The van der Waals surface area contributed by atoms with Crippen molar-refractivity contribution >= 4 is 34.9 Å². The predicted octanol–water partition coefficient (Wildman–Crippen LogP) is 1.65. The molecule has 0 bridgehead atoms. The van der Waals surface area contributed by atoms with Crippen LogP contribution in [0.3, 0.4) is 0 Å². The Morgan fingerprint density at radius 2 is 2.00 bits per heavy atom. The summed E-state index contributed by atoms with van der Waals surface area (Å²) in [6.07, 6.45) is 0. The third kappa shape index (κ3) is 2.51. The van der Waals surface area contributed by atoms with Crippen LogP contribution in [0.15, 0.2) is 18.2 Å². The molecule has 0 heterocycles. The fourth-order valence-corrected chi connectivity index (χ4v) is 1.66. The first-order valence-electron chi connectivity index (χ1n) is 4.15. The van der Waals surface area contributed by atoms with Gasteiger partial charge in [-0.3, -0.25) is 9.59 Å². The second-order valence-corrected chi connectivity index (χ2v) is 3.80. The van der Waals surface area contributed by atoms with Gasteiger partial charge in [0.15, 0.2) is 0 Å². The Kier molecular flexibility index (Phi) is 3.88. The number of carbonyl (C=O) groups excluding carboxylic acids is 2. The van der Waals surface area contributed by atoms with Crippen LogP contribution in [-0.2, 0) is 9.59 Å². The SMILES string of the molecule is N#C[C@H](C(=O)C(N)=O)c1ccc(Cl)cc1Cl. The van der Waals surface area contributed by atoms with Crippen molar-refractivity contribution in [2.24, 2.45) is 5.73 Å². The lowest BCUT2D eigenvalue weighted by Crippen LogP contribution is -2.28. The number of carbonyl (C=O) groups is 2. The van der Waals surface area contributed by atoms with E-state index in [9.17, 15) is 9.59 Å². The summed E-state index contributed by atoms with van der Waals surface area (Å²) in [4.78, 5) is 22.0. The zero-order valence-electron chi connectivity index (χ0n) is 7.91. The van der Waals surface area contributed by atoms with Crippen LogP contribution in [0.25, 0.3) is 0 Å². The number of Topliss-reactive ketones (excluding diaryl/α,β-unsaturated/α-hetero) is 1. The molecule has 0 spiro atoms. The molecule has 82 valence electrons. The maximum absolute atomic E-state index is 11.3. The Balaban J connectivity index is 3.20. The van der Waals surface area contributed by atoms with Gasteiger partial charge in [0.1, 0.15) is 5.92 Å². The molecule has 0 aliphatic rings. The summed E-state index contributed by atoms with van der Waals surface area (Å²) >= 11 is 11.5. The highest BCUT2D eigenvalue weighted by Gasteiger charge is 2.26. The predicted molar refractivity (Wildman–Crippen MR) is 59.0 cm³/mol. The number of rotatable bonds is 3. The molecule has 6 heteroatoms. The summed E-state index contributed by atoms with van der Waals surface area (Å²) < 4.78 is 0. The van der Waals surface area contributed by atoms with Gasteiger partial charge in [-0.05, 0) is 17.7 Å². The molecule has 0 saturated carbocycles. The molecule has 0 aliphatic heterocycles. The van der Waals surface area contributed by atoms with E-state index in [1.807, 2.05) is 0 Å². The minimum Gasteiger partial charge on any atom is -0.363 e. The van der Waals surface area contributed by atoms with Gasteiger partial charge in [-0.25, -0.2) is 0 Å². The van der Waals surface area contributed by atoms with E-state index in [0.29, 0.717) is 5.02 Å². The van der Waals surface area contributed by atoms with E-state index in [4.69, 9.17) is 34.2 Å². The Bertz CT molecular complexity index is 494. The Labute approximate surface area is 102 Å². The molecule has 0 radical (unpaired) electrons. The van der Waals surface area contributed by atoms with Crippen molar-refractivity contribution in [3.05, 3.63) is 33.8 Å². The summed E-state index contributed by atoms with van der Waals surface area (Å²) in [5.74, 6) is -3.45. The first-order chi connectivity index (χ1) is 7.47. The smallest absolute Gasteiger partial charge is 0.286 e. The van der Waals surface area contributed by atoms with Crippen molar-refractivity contribution in [1.82, 2.24) is 0 Å². The lowest BCUT2D eigenvalue weighted by molar-refractivity contribution is -0.136. The highest BCUT2D eigenvalue weighted by atomic mass is 35.5. The number of nitrogens with zero attached hydrogens (tertiary/aromatic N) is 1. The number of nitriles is 1. The van der Waals surface area contributed by atoms with Gasteiger partial charge in [-0.1, -0.05) is 29.3 Å². The van der Waals surface area contributed by atoms with Crippen LogP contribution in [0, 0.1) is 11.3 Å². The molecular weight excluding hydrogens is 251 g/mol. The molecule has 0 saturated heterocycles. The first-order valence-corrected chi connectivity index (χ1v) is 4.91. The maximum atomic E-state index is 11.3. The summed E-state index contributed by atoms with van der Waals surface area (Å²) in [6, 6.07) is 5.96. The molecule has 4 nitrogen and oxygen atoms in total. The number of primary amides is 1. The largest absolute Gasteiger partial charge is 0.363 e. The standard InChI is InChI=1S/C10H6Cl2N2O2/c11-5-1-2-6(8(12)3-5)7(4-13)9(15)10(14)16/h1-3,7H,(H2,14,16)/t7-/m0/s1. The molecule has 2 N–H and O–H groups in total. The lowest BCUT2D eigenvalue weighted by atomic mass is 9.96. The average Bonchev–Trinajstić information content (AvgIpc) is 2.21. The number of halogens is 2. The molecule has 0 fully saturated rings. The summed E-state index contributed by atoms with van der Waals surface area (Å²) in [7, 11) is 0. The van der Waals surface area contributed by atoms with E-state index in [1.165, 1.54) is 18.2 Å².